The van der Waals surface area contributed by atoms with E-state index in [2.05, 4.69) is 4.74 Å². The van der Waals surface area contributed by atoms with Gasteiger partial charge < -0.3 is 4.74 Å². The fourth-order valence-corrected chi connectivity index (χ4v) is 1.24. The fourth-order valence-electron chi connectivity index (χ4n) is 1.24. The lowest BCUT2D eigenvalue weighted by Gasteiger charge is -2.00. The van der Waals surface area contributed by atoms with Crippen LogP contribution in [-0.2, 0) is 9.53 Å². The molecule has 0 atom stereocenters. The van der Waals surface area contributed by atoms with Crippen molar-refractivity contribution >= 4 is 17.8 Å². The molecule has 0 spiro atoms. The predicted molar refractivity (Wildman–Crippen MR) is 62.1 cm³/mol. The molecule has 0 heterocycles. The molecule has 0 aliphatic carbocycles. The van der Waals surface area contributed by atoms with E-state index in [4.69, 9.17) is 0 Å². The lowest BCUT2D eigenvalue weighted by atomic mass is 10.1. The van der Waals surface area contributed by atoms with E-state index >= 15 is 0 Å². The Bertz CT molecular complexity index is 464. The molecule has 17 heavy (non-hydrogen) atoms. The quantitative estimate of drug-likeness (QED) is 0.458. The average Bonchev–Trinajstić information content (AvgIpc) is 2.28. The van der Waals surface area contributed by atoms with Gasteiger partial charge in [-0.1, -0.05) is 0 Å². The van der Waals surface area contributed by atoms with Crippen molar-refractivity contribution in [3.8, 4) is 0 Å². The first-order valence-corrected chi connectivity index (χ1v) is 5.20. The molecule has 0 aromatic heterocycles. The normalized spacial score (nSPS) is 10.5. The number of halogens is 1. The van der Waals surface area contributed by atoms with Gasteiger partial charge in [0.05, 0.1) is 6.61 Å². The number of carbonyl (C=O) groups is 2. The minimum Gasteiger partial charge on any atom is -0.463 e. The Kier molecular flexibility index (Phi) is 4.57. The maximum absolute atomic E-state index is 13.4. The van der Waals surface area contributed by atoms with E-state index < -0.39 is 11.8 Å². The van der Waals surface area contributed by atoms with Crippen LogP contribution in [0.1, 0.15) is 29.8 Å². The molecule has 90 valence electrons. The van der Waals surface area contributed by atoms with Gasteiger partial charge in [-0.2, -0.15) is 0 Å². The first kappa shape index (κ1) is 13.1. The predicted octanol–water partition coefficient (Wildman–Crippen LogP) is 2.60. The lowest BCUT2D eigenvalue weighted by Crippen LogP contribution is -1.99. The summed E-state index contributed by atoms with van der Waals surface area (Å²) in [7, 11) is 0. The molecule has 1 rings (SSSR count). The van der Waals surface area contributed by atoms with Crippen LogP contribution >= 0.6 is 0 Å². The molecule has 1 aromatic rings. The zero-order chi connectivity index (χ0) is 12.8. The van der Waals surface area contributed by atoms with Gasteiger partial charge in [-0.25, -0.2) is 9.18 Å². The Morgan fingerprint density at radius 3 is 2.71 bits per heavy atom. The molecule has 3 nitrogen and oxygen atoms in total. The molecule has 0 aliphatic rings. The minimum atomic E-state index is -0.542. The summed E-state index contributed by atoms with van der Waals surface area (Å²) >= 11 is 0. The SMILES string of the molecule is CCOC(=O)C=Cc1cc(C(C)=O)ccc1F. The number of ketones is 1. The van der Waals surface area contributed by atoms with Gasteiger partial charge in [0.2, 0.25) is 0 Å². The van der Waals surface area contributed by atoms with Crippen LogP contribution in [0.3, 0.4) is 0 Å². The third-order valence-corrected chi connectivity index (χ3v) is 2.09. The molecule has 0 aliphatic heterocycles. The molecule has 0 saturated carbocycles. The second-order valence-corrected chi connectivity index (χ2v) is 3.38. The van der Waals surface area contributed by atoms with Gasteiger partial charge in [0, 0.05) is 17.2 Å². The smallest absolute Gasteiger partial charge is 0.330 e. The van der Waals surface area contributed by atoms with Gasteiger partial charge in [0.1, 0.15) is 5.82 Å². The van der Waals surface area contributed by atoms with E-state index in [1.165, 1.54) is 31.2 Å². The van der Waals surface area contributed by atoms with Crippen molar-refractivity contribution in [3.63, 3.8) is 0 Å². The van der Waals surface area contributed by atoms with Crippen LogP contribution in [0.5, 0.6) is 0 Å². The maximum atomic E-state index is 13.4. The number of ether oxygens (including phenoxy) is 1. The molecule has 0 saturated heterocycles. The molecule has 0 N–H and O–H groups in total. The van der Waals surface area contributed by atoms with Gasteiger partial charge >= 0.3 is 5.97 Å². The van der Waals surface area contributed by atoms with Crippen molar-refractivity contribution in [2.75, 3.05) is 6.61 Å². The lowest BCUT2D eigenvalue weighted by molar-refractivity contribution is -0.137. The number of hydrogen-bond acceptors (Lipinski definition) is 3. The van der Waals surface area contributed by atoms with Crippen molar-refractivity contribution in [3.05, 3.63) is 41.2 Å². The Hall–Kier alpha value is -1.97. The van der Waals surface area contributed by atoms with E-state index in [1.54, 1.807) is 6.92 Å². The van der Waals surface area contributed by atoms with Gasteiger partial charge in [-0.15, -0.1) is 0 Å². The Labute approximate surface area is 98.9 Å². The van der Waals surface area contributed by atoms with E-state index in [0.29, 0.717) is 5.56 Å². The van der Waals surface area contributed by atoms with E-state index in [1.807, 2.05) is 0 Å². The third kappa shape index (κ3) is 3.83. The molecular formula is C13H13FO3. The Balaban J connectivity index is 2.93. The van der Waals surface area contributed by atoms with E-state index in [9.17, 15) is 14.0 Å². The van der Waals surface area contributed by atoms with E-state index in [0.717, 1.165) is 6.08 Å². The van der Waals surface area contributed by atoms with Crippen molar-refractivity contribution in [2.45, 2.75) is 13.8 Å². The van der Waals surface area contributed by atoms with Gasteiger partial charge in [0.15, 0.2) is 5.78 Å². The molecule has 4 heteroatoms. The van der Waals surface area contributed by atoms with E-state index in [-0.39, 0.29) is 18.0 Å². The number of Topliss-reactive ketones (excluding diaryl/α,β-unsaturated/α-hetero) is 1. The van der Waals surface area contributed by atoms with Crippen molar-refractivity contribution in [1.29, 1.82) is 0 Å². The number of esters is 1. The van der Waals surface area contributed by atoms with Crippen LogP contribution in [0.25, 0.3) is 6.08 Å². The summed E-state index contributed by atoms with van der Waals surface area (Å²) in [5, 5.41) is 0. The topological polar surface area (TPSA) is 43.4 Å². The highest BCUT2D eigenvalue weighted by Crippen LogP contribution is 2.13. The highest BCUT2D eigenvalue weighted by Gasteiger charge is 2.04. The van der Waals surface area contributed by atoms with Gasteiger partial charge in [-0.3, -0.25) is 4.79 Å². The average molecular weight is 236 g/mol. The largest absolute Gasteiger partial charge is 0.463 e. The molecule has 0 radical (unpaired) electrons. The number of hydrogen-bond donors (Lipinski definition) is 0. The standard InChI is InChI=1S/C13H13FO3/c1-3-17-13(16)7-5-11-8-10(9(2)15)4-6-12(11)14/h4-8H,3H2,1-2H3. The van der Waals surface area contributed by atoms with Crippen LogP contribution in [-0.4, -0.2) is 18.4 Å². The van der Waals surface area contributed by atoms with Crippen LogP contribution < -0.4 is 0 Å². The van der Waals surface area contributed by atoms with Crippen LogP contribution in [0, 0.1) is 5.82 Å². The summed E-state index contributed by atoms with van der Waals surface area (Å²) in [6, 6.07) is 3.99. The summed E-state index contributed by atoms with van der Waals surface area (Å²) in [5.74, 6) is -1.19. The second-order valence-electron chi connectivity index (χ2n) is 3.38. The monoisotopic (exact) mass is 236 g/mol. The summed E-state index contributed by atoms with van der Waals surface area (Å²) in [6.07, 6.45) is 2.42. The highest BCUT2D eigenvalue weighted by molar-refractivity contribution is 5.95. The molecule has 0 unspecified atom stereocenters. The molecule has 1 aromatic carbocycles. The first-order valence-electron chi connectivity index (χ1n) is 5.20. The van der Waals surface area contributed by atoms with Crippen LogP contribution in [0.4, 0.5) is 4.39 Å². The molecular weight excluding hydrogens is 223 g/mol. The summed E-state index contributed by atoms with van der Waals surface area (Å²) in [5.41, 5.74) is 0.584. The summed E-state index contributed by atoms with van der Waals surface area (Å²) in [6.45, 7) is 3.34. The summed E-state index contributed by atoms with van der Waals surface area (Å²) in [4.78, 5) is 22.2. The maximum Gasteiger partial charge on any atom is 0.330 e. The minimum absolute atomic E-state index is 0.157. The van der Waals surface area contributed by atoms with Crippen molar-refractivity contribution in [1.82, 2.24) is 0 Å². The molecule has 0 amide bonds. The first-order chi connectivity index (χ1) is 8.04. The van der Waals surface area contributed by atoms with Crippen molar-refractivity contribution < 1.29 is 18.7 Å². The zero-order valence-corrected chi connectivity index (χ0v) is 9.70. The number of rotatable bonds is 4. The number of carbonyl (C=O) groups excluding carboxylic acids is 2. The fraction of sp³-hybridized carbons (Fsp3) is 0.231. The van der Waals surface area contributed by atoms with Gasteiger partial charge in [0.25, 0.3) is 0 Å². The second kappa shape index (κ2) is 5.94. The van der Waals surface area contributed by atoms with Gasteiger partial charge in [-0.05, 0) is 38.1 Å². The molecule has 0 fully saturated rings. The summed E-state index contributed by atoms with van der Waals surface area (Å²) < 4.78 is 18.0. The highest BCUT2D eigenvalue weighted by atomic mass is 19.1. The van der Waals surface area contributed by atoms with Crippen molar-refractivity contribution in [2.24, 2.45) is 0 Å². The number of benzene rings is 1. The van der Waals surface area contributed by atoms with Crippen LogP contribution in [0.2, 0.25) is 0 Å². The third-order valence-electron chi connectivity index (χ3n) is 2.09. The molecule has 0 bridgehead atoms. The Morgan fingerprint density at radius 2 is 2.12 bits per heavy atom. The Morgan fingerprint density at radius 1 is 1.41 bits per heavy atom. The zero-order valence-electron chi connectivity index (χ0n) is 9.70. The van der Waals surface area contributed by atoms with Crippen LogP contribution in [0.15, 0.2) is 24.3 Å².